The van der Waals surface area contributed by atoms with Crippen molar-refractivity contribution < 1.29 is 9.18 Å². The van der Waals surface area contributed by atoms with Crippen LogP contribution in [0.2, 0.25) is 0 Å². The summed E-state index contributed by atoms with van der Waals surface area (Å²) in [4.78, 5) is 15.9. The molecule has 5 heteroatoms. The Morgan fingerprint density at radius 3 is 2.50 bits per heavy atom. The van der Waals surface area contributed by atoms with Crippen LogP contribution in [0.15, 0.2) is 47.4 Å². The molecule has 0 aliphatic heterocycles. The van der Waals surface area contributed by atoms with Crippen molar-refractivity contribution in [3.8, 4) is 0 Å². The van der Waals surface area contributed by atoms with E-state index in [0.717, 1.165) is 10.5 Å². The van der Waals surface area contributed by atoms with Crippen LogP contribution >= 0.6 is 11.9 Å². The Labute approximate surface area is 134 Å². The third kappa shape index (κ3) is 4.08. The molecule has 0 unspecified atom stereocenters. The van der Waals surface area contributed by atoms with Crippen molar-refractivity contribution in [2.75, 3.05) is 0 Å². The highest BCUT2D eigenvalue weighted by Gasteiger charge is 2.16. The van der Waals surface area contributed by atoms with Gasteiger partial charge in [-0.15, -0.1) is 0 Å². The van der Waals surface area contributed by atoms with Gasteiger partial charge in [0.1, 0.15) is 5.82 Å². The predicted octanol–water partition coefficient (Wildman–Crippen LogP) is 4.20. The lowest BCUT2D eigenvalue weighted by Gasteiger charge is -2.12. The number of hydrogen-bond donors (Lipinski definition) is 2. The first-order valence-corrected chi connectivity index (χ1v) is 7.88. The zero-order chi connectivity index (χ0) is 16.1. The molecule has 0 aliphatic carbocycles. The second-order valence-corrected chi connectivity index (χ2v) is 6.20. The molecule has 0 aromatic heterocycles. The van der Waals surface area contributed by atoms with Gasteiger partial charge in [-0.3, -0.25) is 10.2 Å². The van der Waals surface area contributed by atoms with Crippen molar-refractivity contribution >= 4 is 17.9 Å². The van der Waals surface area contributed by atoms with Crippen LogP contribution in [0.3, 0.4) is 0 Å². The third-order valence-corrected chi connectivity index (χ3v) is 3.98. The van der Waals surface area contributed by atoms with E-state index in [9.17, 15) is 9.18 Å². The minimum absolute atomic E-state index is 0.0601. The second kappa shape index (κ2) is 7.42. The lowest BCUT2D eigenvalue weighted by Crippen LogP contribution is -2.33. The van der Waals surface area contributed by atoms with E-state index in [0.29, 0.717) is 5.56 Å². The zero-order valence-electron chi connectivity index (χ0n) is 12.8. The normalized spacial score (nSPS) is 10.8. The fourth-order valence-corrected chi connectivity index (χ4v) is 2.54. The molecule has 0 spiro atoms. The molecule has 2 aromatic carbocycles. The Morgan fingerprint density at radius 2 is 1.86 bits per heavy atom. The summed E-state index contributed by atoms with van der Waals surface area (Å²) in [5.41, 5.74) is 4.00. The van der Waals surface area contributed by atoms with Gasteiger partial charge >= 0.3 is 0 Å². The molecule has 2 rings (SSSR count). The zero-order valence-corrected chi connectivity index (χ0v) is 13.6. The third-order valence-electron chi connectivity index (χ3n) is 3.26. The fraction of sp³-hybridized carbons (Fsp3) is 0.235. The highest BCUT2D eigenvalue weighted by atomic mass is 32.2. The van der Waals surface area contributed by atoms with Crippen LogP contribution in [0, 0.1) is 12.7 Å². The molecule has 22 heavy (non-hydrogen) atoms. The number of halogens is 1. The van der Waals surface area contributed by atoms with E-state index in [1.54, 1.807) is 19.1 Å². The molecular formula is C17H19FN2OS. The Balaban J connectivity index is 2.06. The molecular weight excluding hydrogens is 299 g/mol. The first-order valence-electron chi connectivity index (χ1n) is 7.06. The van der Waals surface area contributed by atoms with Crippen molar-refractivity contribution in [1.29, 1.82) is 0 Å². The number of nitrogens with one attached hydrogen (secondary N) is 2. The van der Waals surface area contributed by atoms with Crippen molar-refractivity contribution in [3.63, 3.8) is 0 Å². The lowest BCUT2D eigenvalue weighted by atomic mass is 9.97. The maximum Gasteiger partial charge on any atom is 0.269 e. The first kappa shape index (κ1) is 16.5. The average Bonchev–Trinajstić information content (AvgIpc) is 2.50. The Kier molecular flexibility index (Phi) is 5.57. The number of carbonyl (C=O) groups excluding carboxylic acids is 1. The molecule has 0 saturated carbocycles. The molecule has 0 atom stereocenters. The molecule has 2 aromatic rings. The van der Waals surface area contributed by atoms with Crippen LogP contribution in [0.1, 0.15) is 41.3 Å². The van der Waals surface area contributed by atoms with Crippen LogP contribution in [0.4, 0.5) is 4.39 Å². The fourth-order valence-electron chi connectivity index (χ4n) is 1.98. The number of amides is 1. The Morgan fingerprint density at radius 1 is 1.18 bits per heavy atom. The van der Waals surface area contributed by atoms with Gasteiger partial charge in [0.15, 0.2) is 0 Å². The summed E-state index contributed by atoms with van der Waals surface area (Å²) >= 11 is 1.26. The highest BCUT2D eigenvalue weighted by Crippen LogP contribution is 2.21. The van der Waals surface area contributed by atoms with E-state index >= 15 is 0 Å². The van der Waals surface area contributed by atoms with Gasteiger partial charge in [0.25, 0.3) is 5.91 Å². The highest BCUT2D eigenvalue weighted by molar-refractivity contribution is 7.97. The van der Waals surface area contributed by atoms with Crippen molar-refractivity contribution in [2.45, 2.75) is 31.6 Å². The number of hydrazine groups is 1. The summed E-state index contributed by atoms with van der Waals surface area (Å²) < 4.78 is 14.2. The minimum Gasteiger partial charge on any atom is -0.277 e. The van der Waals surface area contributed by atoms with Gasteiger partial charge in [0, 0.05) is 4.90 Å². The van der Waals surface area contributed by atoms with Gasteiger partial charge in [0.2, 0.25) is 0 Å². The average molecular weight is 318 g/mol. The van der Waals surface area contributed by atoms with Crippen molar-refractivity contribution in [3.05, 3.63) is 65.0 Å². The molecule has 0 saturated heterocycles. The maximum atomic E-state index is 14.2. The molecule has 0 heterocycles. The number of hydrogen-bond acceptors (Lipinski definition) is 3. The molecule has 0 fully saturated rings. The Bertz CT molecular complexity index is 659. The van der Waals surface area contributed by atoms with Crippen LogP contribution in [-0.4, -0.2) is 5.91 Å². The van der Waals surface area contributed by atoms with Gasteiger partial charge in [-0.05, 0) is 54.1 Å². The van der Waals surface area contributed by atoms with Gasteiger partial charge in [0.05, 0.1) is 5.56 Å². The largest absolute Gasteiger partial charge is 0.277 e. The number of aryl methyl sites for hydroxylation is 1. The summed E-state index contributed by atoms with van der Waals surface area (Å²) in [7, 11) is 0. The molecule has 3 nitrogen and oxygen atoms in total. The van der Waals surface area contributed by atoms with E-state index in [1.165, 1.54) is 11.9 Å². The van der Waals surface area contributed by atoms with Crippen LogP contribution in [0.25, 0.3) is 0 Å². The van der Waals surface area contributed by atoms with E-state index in [1.807, 2.05) is 44.2 Å². The molecule has 0 bridgehead atoms. The summed E-state index contributed by atoms with van der Waals surface area (Å²) in [5.74, 6) is -0.725. The van der Waals surface area contributed by atoms with Crippen LogP contribution in [0.5, 0.6) is 0 Å². The summed E-state index contributed by atoms with van der Waals surface area (Å²) in [5, 5.41) is 0. The Hall–Kier alpha value is -1.85. The quantitative estimate of drug-likeness (QED) is 0.641. The van der Waals surface area contributed by atoms with Gasteiger partial charge in [-0.25, -0.2) is 4.39 Å². The predicted molar refractivity (Wildman–Crippen MR) is 88.1 cm³/mol. The van der Waals surface area contributed by atoms with Crippen molar-refractivity contribution in [1.82, 2.24) is 10.3 Å². The molecule has 116 valence electrons. The number of benzene rings is 2. The summed E-state index contributed by atoms with van der Waals surface area (Å²) in [6.07, 6.45) is 0. The number of rotatable bonds is 5. The molecule has 0 radical (unpaired) electrons. The van der Waals surface area contributed by atoms with E-state index < -0.39 is 11.7 Å². The van der Waals surface area contributed by atoms with Crippen molar-refractivity contribution in [2.24, 2.45) is 0 Å². The first-order chi connectivity index (χ1) is 10.5. The standard InChI is InChI=1S/C17H19FN2OS/c1-11(2)13-9-12(3)16(18)15(10-13)17(21)19-20-22-14-7-5-4-6-8-14/h4-11,20H,1-3H3,(H,19,21). The van der Waals surface area contributed by atoms with Gasteiger partial charge in [-0.2, -0.15) is 4.83 Å². The second-order valence-electron chi connectivity index (χ2n) is 5.33. The van der Waals surface area contributed by atoms with Gasteiger partial charge in [-0.1, -0.05) is 38.1 Å². The van der Waals surface area contributed by atoms with Crippen LogP contribution in [-0.2, 0) is 0 Å². The topological polar surface area (TPSA) is 41.1 Å². The summed E-state index contributed by atoms with van der Waals surface area (Å²) in [6, 6.07) is 12.9. The molecule has 1 amide bonds. The molecule has 2 N–H and O–H groups in total. The SMILES string of the molecule is Cc1cc(C(C)C)cc(C(=O)NNSc2ccccc2)c1F. The number of carbonyl (C=O) groups is 1. The van der Waals surface area contributed by atoms with E-state index in [4.69, 9.17) is 0 Å². The van der Waals surface area contributed by atoms with E-state index in [-0.39, 0.29) is 11.5 Å². The maximum absolute atomic E-state index is 14.2. The van der Waals surface area contributed by atoms with Gasteiger partial charge < -0.3 is 0 Å². The minimum atomic E-state index is -0.480. The lowest BCUT2D eigenvalue weighted by molar-refractivity contribution is 0.0942. The summed E-state index contributed by atoms with van der Waals surface area (Å²) in [6.45, 7) is 5.69. The van der Waals surface area contributed by atoms with E-state index in [2.05, 4.69) is 10.3 Å². The molecule has 0 aliphatic rings. The smallest absolute Gasteiger partial charge is 0.269 e. The van der Waals surface area contributed by atoms with Crippen LogP contribution < -0.4 is 10.3 Å². The monoisotopic (exact) mass is 318 g/mol.